The number of esters is 1. The van der Waals surface area contributed by atoms with E-state index in [0.717, 1.165) is 16.2 Å². The lowest BCUT2D eigenvalue weighted by Crippen LogP contribution is -2.34. The Morgan fingerprint density at radius 2 is 1.62 bits per heavy atom. The molecular formula is C17H16Cl2N2O6S2. The molecular weight excluding hydrogens is 463 g/mol. The molecule has 0 aliphatic rings. The van der Waals surface area contributed by atoms with E-state index in [0.29, 0.717) is 36.8 Å². The molecule has 2 aromatic rings. The Balaban J connectivity index is 0.000000308. The second kappa shape index (κ2) is 11.7. The van der Waals surface area contributed by atoms with Gasteiger partial charge in [0.1, 0.15) is 16.5 Å². The van der Waals surface area contributed by atoms with Crippen LogP contribution in [0.2, 0.25) is 8.67 Å². The van der Waals surface area contributed by atoms with Gasteiger partial charge >= 0.3 is 5.97 Å². The molecule has 2 amide bonds. The number of halogens is 2. The lowest BCUT2D eigenvalue weighted by atomic mass is 10.3. The van der Waals surface area contributed by atoms with Crippen LogP contribution in [0, 0.1) is 0 Å². The summed E-state index contributed by atoms with van der Waals surface area (Å²) in [6.07, 6.45) is 1.25. The lowest BCUT2D eigenvalue weighted by molar-refractivity contribution is -0.139. The van der Waals surface area contributed by atoms with Gasteiger partial charge in [0, 0.05) is 13.8 Å². The number of amides is 2. The molecule has 2 aromatic heterocycles. The minimum Gasteiger partial charge on any atom is -0.468 e. The quantitative estimate of drug-likeness (QED) is 0.497. The third-order valence-electron chi connectivity index (χ3n) is 3.12. The van der Waals surface area contributed by atoms with Gasteiger partial charge in [0.2, 0.25) is 11.8 Å². The van der Waals surface area contributed by atoms with Crippen molar-refractivity contribution in [1.82, 2.24) is 0 Å². The highest BCUT2D eigenvalue weighted by Gasteiger charge is 2.21. The maximum Gasteiger partial charge on any atom is 0.325 e. The molecule has 0 atom stereocenters. The molecule has 0 spiro atoms. The Kier molecular flexibility index (Phi) is 9.96. The molecule has 0 fully saturated rings. The van der Waals surface area contributed by atoms with Gasteiger partial charge in [-0.2, -0.15) is 0 Å². The van der Waals surface area contributed by atoms with E-state index >= 15 is 0 Å². The van der Waals surface area contributed by atoms with Gasteiger partial charge in [-0.25, -0.2) is 0 Å². The van der Waals surface area contributed by atoms with Crippen LogP contribution < -0.4 is 10.2 Å². The van der Waals surface area contributed by atoms with Gasteiger partial charge in [0.15, 0.2) is 12.6 Å². The van der Waals surface area contributed by atoms with Gasteiger partial charge in [0.25, 0.3) is 0 Å². The normalized spacial score (nSPS) is 9.69. The van der Waals surface area contributed by atoms with E-state index in [9.17, 15) is 24.0 Å². The number of thiophene rings is 2. The summed E-state index contributed by atoms with van der Waals surface area (Å²) in [4.78, 5) is 55.6. The molecule has 2 rings (SSSR count). The minimum atomic E-state index is -0.568. The first-order chi connectivity index (χ1) is 13.6. The lowest BCUT2D eigenvalue weighted by Gasteiger charge is -2.18. The van der Waals surface area contributed by atoms with Gasteiger partial charge in [-0.1, -0.05) is 23.2 Å². The van der Waals surface area contributed by atoms with Crippen molar-refractivity contribution >= 4 is 86.2 Å². The molecule has 0 saturated carbocycles. The van der Waals surface area contributed by atoms with Crippen LogP contribution >= 0.6 is 45.9 Å². The summed E-state index contributed by atoms with van der Waals surface area (Å²) in [5.74, 6) is -1.14. The zero-order chi connectivity index (χ0) is 22.1. The SMILES string of the molecule is CC(=O)Nc1sc(Cl)cc1C=O.COC(=O)CN(C(C)=O)c1sc(Cl)cc1C=O. The molecule has 2 heterocycles. The molecule has 12 heteroatoms. The van der Waals surface area contributed by atoms with Crippen LogP contribution in [0.5, 0.6) is 0 Å². The standard InChI is InChI=1S/C10H10ClNO4S.C7H6ClNO2S/c1-6(14)12(4-9(15)16-2)10-7(5-13)3-8(11)17-10;1-4(11)9-7-5(3-10)2-6(8)12-7/h3,5H,4H2,1-2H3;2-3H,1H3,(H,9,11). The zero-order valence-corrected chi connectivity index (χ0v) is 18.6. The fourth-order valence-electron chi connectivity index (χ4n) is 1.90. The van der Waals surface area contributed by atoms with Crippen molar-refractivity contribution < 1.29 is 28.7 Å². The Labute approximate surface area is 184 Å². The van der Waals surface area contributed by atoms with Crippen molar-refractivity contribution in [3.05, 3.63) is 31.9 Å². The van der Waals surface area contributed by atoms with E-state index in [1.807, 2.05) is 0 Å². The maximum atomic E-state index is 11.4. The average molecular weight is 479 g/mol. The molecule has 156 valence electrons. The fourth-order valence-corrected chi connectivity index (χ4v) is 4.28. The largest absolute Gasteiger partial charge is 0.468 e. The number of methoxy groups -OCH3 is 1. The number of ether oxygens (including phenoxy) is 1. The molecule has 29 heavy (non-hydrogen) atoms. The minimum absolute atomic E-state index is 0.211. The number of aldehydes is 2. The number of nitrogens with one attached hydrogen (secondary N) is 1. The van der Waals surface area contributed by atoms with Crippen LogP contribution in [0.1, 0.15) is 34.6 Å². The first-order valence-electron chi connectivity index (χ1n) is 7.74. The molecule has 1 N–H and O–H groups in total. The Morgan fingerprint density at radius 1 is 1.07 bits per heavy atom. The van der Waals surface area contributed by atoms with E-state index in [2.05, 4.69) is 10.1 Å². The number of carbonyl (C=O) groups is 5. The Bertz CT molecular complexity index is 925. The first kappa shape index (κ1) is 24.8. The van der Waals surface area contributed by atoms with Crippen LogP contribution in [0.3, 0.4) is 0 Å². The fraction of sp³-hybridized carbons (Fsp3) is 0.235. The second-order valence-corrected chi connectivity index (χ2v) is 8.59. The highest BCUT2D eigenvalue weighted by molar-refractivity contribution is 7.20. The predicted molar refractivity (Wildman–Crippen MR) is 114 cm³/mol. The number of carbonyl (C=O) groups excluding carboxylic acids is 5. The highest BCUT2D eigenvalue weighted by Crippen LogP contribution is 2.34. The molecule has 8 nitrogen and oxygen atoms in total. The smallest absolute Gasteiger partial charge is 0.325 e. The van der Waals surface area contributed by atoms with E-state index < -0.39 is 5.97 Å². The average Bonchev–Trinajstić information content (AvgIpc) is 3.20. The molecule has 0 unspecified atom stereocenters. The molecule has 0 radical (unpaired) electrons. The van der Waals surface area contributed by atoms with Crippen LogP contribution in [-0.2, 0) is 19.1 Å². The zero-order valence-electron chi connectivity index (χ0n) is 15.5. The summed E-state index contributed by atoms with van der Waals surface area (Å²) in [7, 11) is 1.22. The summed E-state index contributed by atoms with van der Waals surface area (Å²) in [6, 6.07) is 2.96. The van der Waals surface area contributed by atoms with Crippen molar-refractivity contribution in [3.8, 4) is 0 Å². The van der Waals surface area contributed by atoms with E-state index in [4.69, 9.17) is 23.2 Å². The van der Waals surface area contributed by atoms with Gasteiger partial charge in [-0.05, 0) is 12.1 Å². The Hall–Kier alpha value is -2.27. The second-order valence-electron chi connectivity index (χ2n) is 5.24. The summed E-state index contributed by atoms with van der Waals surface area (Å²) < 4.78 is 5.34. The maximum absolute atomic E-state index is 11.4. The molecule has 0 aromatic carbocycles. The van der Waals surface area contributed by atoms with Crippen molar-refractivity contribution in [2.24, 2.45) is 0 Å². The highest BCUT2D eigenvalue weighted by atomic mass is 35.5. The van der Waals surface area contributed by atoms with Gasteiger partial charge in [-0.15, -0.1) is 22.7 Å². The Morgan fingerprint density at radius 3 is 2.10 bits per heavy atom. The van der Waals surface area contributed by atoms with Crippen LogP contribution in [0.25, 0.3) is 0 Å². The van der Waals surface area contributed by atoms with Gasteiger partial charge < -0.3 is 10.1 Å². The van der Waals surface area contributed by atoms with Crippen LogP contribution in [0.4, 0.5) is 10.0 Å². The summed E-state index contributed by atoms with van der Waals surface area (Å²) in [5, 5.41) is 3.36. The monoisotopic (exact) mass is 478 g/mol. The molecule has 0 bridgehead atoms. The summed E-state index contributed by atoms with van der Waals surface area (Å²) in [6.45, 7) is 2.43. The third-order valence-corrected chi connectivity index (χ3v) is 5.62. The summed E-state index contributed by atoms with van der Waals surface area (Å²) in [5.41, 5.74) is 0.694. The molecule has 0 saturated heterocycles. The van der Waals surface area contributed by atoms with Crippen molar-refractivity contribution in [1.29, 1.82) is 0 Å². The van der Waals surface area contributed by atoms with Crippen LogP contribution in [0.15, 0.2) is 12.1 Å². The van der Waals surface area contributed by atoms with E-state index in [-0.39, 0.29) is 23.9 Å². The number of rotatable bonds is 6. The first-order valence-corrected chi connectivity index (χ1v) is 10.1. The van der Waals surface area contributed by atoms with Crippen molar-refractivity contribution in [3.63, 3.8) is 0 Å². The predicted octanol–water partition coefficient (Wildman–Crippen LogP) is 3.91. The summed E-state index contributed by atoms with van der Waals surface area (Å²) >= 11 is 13.6. The number of hydrogen-bond acceptors (Lipinski definition) is 8. The third kappa shape index (κ3) is 7.58. The van der Waals surface area contributed by atoms with Crippen molar-refractivity contribution in [2.45, 2.75) is 13.8 Å². The van der Waals surface area contributed by atoms with E-state index in [1.165, 1.54) is 44.4 Å². The van der Waals surface area contributed by atoms with Crippen LogP contribution in [-0.4, -0.2) is 44.0 Å². The van der Waals surface area contributed by atoms with Gasteiger partial charge in [0.05, 0.1) is 26.9 Å². The molecule has 0 aliphatic carbocycles. The number of nitrogens with zero attached hydrogens (tertiary/aromatic N) is 1. The molecule has 0 aliphatic heterocycles. The van der Waals surface area contributed by atoms with Crippen molar-refractivity contribution in [2.75, 3.05) is 23.9 Å². The van der Waals surface area contributed by atoms with Gasteiger partial charge in [-0.3, -0.25) is 28.9 Å². The number of hydrogen-bond donors (Lipinski definition) is 1. The topological polar surface area (TPSA) is 110 Å². The number of anilines is 2. The van der Waals surface area contributed by atoms with E-state index in [1.54, 1.807) is 0 Å².